The molecule has 3 heterocycles. The lowest BCUT2D eigenvalue weighted by Gasteiger charge is -2.17. The van der Waals surface area contributed by atoms with Gasteiger partial charge in [-0.05, 0) is 12.1 Å². The van der Waals surface area contributed by atoms with Crippen molar-refractivity contribution < 1.29 is 9.90 Å². The summed E-state index contributed by atoms with van der Waals surface area (Å²) in [6.07, 6.45) is 3.55. The first-order chi connectivity index (χ1) is 12.1. The van der Waals surface area contributed by atoms with Crippen LogP contribution in [0.5, 0.6) is 0 Å². The summed E-state index contributed by atoms with van der Waals surface area (Å²) in [7, 11) is 0. The average Bonchev–Trinajstić information content (AvgIpc) is 3.01. The lowest BCUT2D eigenvalue weighted by molar-refractivity contribution is 0.164. The molecule has 1 atom stereocenters. The number of halogens is 1. The number of fused-ring (bicyclic) bond motifs is 1. The molecule has 8 heteroatoms. The Hall–Kier alpha value is -3.19. The molecule has 2 aromatic heterocycles. The third-order valence-electron chi connectivity index (χ3n) is 3.82. The molecule has 25 heavy (non-hydrogen) atoms. The van der Waals surface area contributed by atoms with Crippen LogP contribution >= 0.6 is 11.6 Å². The van der Waals surface area contributed by atoms with E-state index in [4.69, 9.17) is 16.7 Å². The van der Waals surface area contributed by atoms with E-state index in [1.165, 1.54) is 6.20 Å². The number of amides is 1. The summed E-state index contributed by atoms with van der Waals surface area (Å²) in [6.45, 7) is 0. The zero-order valence-corrected chi connectivity index (χ0v) is 13.6. The third-order valence-corrected chi connectivity index (χ3v) is 4.03. The van der Waals surface area contributed by atoms with Gasteiger partial charge in [0.2, 0.25) is 0 Å². The molecule has 1 N–H and O–H groups in total. The Morgan fingerprint density at radius 2 is 1.96 bits per heavy atom. The van der Waals surface area contributed by atoms with E-state index in [0.717, 1.165) is 22.0 Å². The fourth-order valence-electron chi connectivity index (χ4n) is 2.72. The number of hydrazone groups is 1. The fraction of sp³-hybridized carbons (Fsp3) is 0.0588. The van der Waals surface area contributed by atoms with Crippen molar-refractivity contribution in [3.8, 4) is 11.3 Å². The number of hydrogen-bond donors (Lipinski definition) is 1. The van der Waals surface area contributed by atoms with E-state index in [0.29, 0.717) is 10.8 Å². The number of hydrogen-bond acceptors (Lipinski definition) is 4. The van der Waals surface area contributed by atoms with Crippen LogP contribution < -0.4 is 0 Å². The van der Waals surface area contributed by atoms with Gasteiger partial charge in [-0.25, -0.2) is 14.3 Å². The summed E-state index contributed by atoms with van der Waals surface area (Å²) >= 11 is 6.05. The standard InChI is InChI=1S/C17H12ClN5O2/c18-13-6-7-14-20-15(11-4-2-1-3-5-11)16(23(14)21-13)12-8-9-22(17(24)25)19-10-12/h1-10,12H,(H,24,25). The molecule has 0 spiro atoms. The maximum Gasteiger partial charge on any atom is 0.432 e. The van der Waals surface area contributed by atoms with Gasteiger partial charge >= 0.3 is 6.09 Å². The van der Waals surface area contributed by atoms with E-state index in [-0.39, 0.29) is 5.92 Å². The van der Waals surface area contributed by atoms with Crippen LogP contribution in [0.2, 0.25) is 5.15 Å². The number of aromatic nitrogens is 3. The van der Waals surface area contributed by atoms with Crippen molar-refractivity contribution in [2.75, 3.05) is 0 Å². The molecule has 7 nitrogen and oxygen atoms in total. The normalized spacial score (nSPS) is 16.5. The van der Waals surface area contributed by atoms with E-state index in [1.54, 1.807) is 28.9 Å². The molecule has 1 unspecified atom stereocenters. The van der Waals surface area contributed by atoms with E-state index >= 15 is 0 Å². The zero-order valence-electron chi connectivity index (χ0n) is 12.8. The second kappa shape index (κ2) is 6.03. The van der Waals surface area contributed by atoms with Crippen molar-refractivity contribution in [1.29, 1.82) is 0 Å². The van der Waals surface area contributed by atoms with Crippen molar-refractivity contribution in [2.45, 2.75) is 5.92 Å². The van der Waals surface area contributed by atoms with Crippen molar-refractivity contribution in [2.24, 2.45) is 5.10 Å². The van der Waals surface area contributed by atoms with Gasteiger partial charge in [-0.3, -0.25) is 0 Å². The van der Waals surface area contributed by atoms with Crippen LogP contribution in [0.1, 0.15) is 11.6 Å². The number of carbonyl (C=O) groups is 1. The third kappa shape index (κ3) is 2.74. The van der Waals surface area contributed by atoms with Gasteiger partial charge < -0.3 is 5.11 Å². The SMILES string of the molecule is O=C(O)N1C=CC(c2c(-c3ccccc3)nc3ccc(Cl)nn23)C=N1. The number of carboxylic acid groups (broad SMARTS) is 1. The smallest absolute Gasteiger partial charge is 0.432 e. The Labute approximate surface area is 147 Å². The molecular weight excluding hydrogens is 342 g/mol. The minimum absolute atomic E-state index is 0.285. The zero-order chi connectivity index (χ0) is 17.4. The van der Waals surface area contributed by atoms with Gasteiger partial charge in [0.05, 0.1) is 17.3 Å². The lowest BCUT2D eigenvalue weighted by Crippen LogP contribution is -2.22. The van der Waals surface area contributed by atoms with Gasteiger partial charge in [-0.2, -0.15) is 15.2 Å². The molecule has 1 aliphatic heterocycles. The van der Waals surface area contributed by atoms with Crippen LogP contribution in [-0.2, 0) is 0 Å². The minimum atomic E-state index is -1.14. The average molecular weight is 354 g/mol. The summed E-state index contributed by atoms with van der Waals surface area (Å²) < 4.78 is 1.67. The molecule has 0 radical (unpaired) electrons. The van der Waals surface area contributed by atoms with Crippen LogP contribution in [0.4, 0.5) is 4.79 Å². The van der Waals surface area contributed by atoms with E-state index < -0.39 is 6.09 Å². The first-order valence-electron chi connectivity index (χ1n) is 7.48. The van der Waals surface area contributed by atoms with Crippen LogP contribution in [0, 0.1) is 0 Å². The monoisotopic (exact) mass is 353 g/mol. The Morgan fingerprint density at radius 1 is 1.16 bits per heavy atom. The Bertz CT molecular complexity index is 999. The summed E-state index contributed by atoms with van der Waals surface area (Å²) in [4.78, 5) is 15.7. The highest BCUT2D eigenvalue weighted by atomic mass is 35.5. The lowest BCUT2D eigenvalue weighted by atomic mass is 10.0. The second-order valence-corrected chi connectivity index (χ2v) is 5.78. The molecular formula is C17H12ClN5O2. The molecule has 0 fully saturated rings. The fourth-order valence-corrected chi connectivity index (χ4v) is 2.86. The molecule has 0 bridgehead atoms. The highest BCUT2D eigenvalue weighted by molar-refractivity contribution is 6.29. The Balaban J connectivity index is 1.90. The highest BCUT2D eigenvalue weighted by Crippen LogP contribution is 2.31. The number of rotatable bonds is 2. The van der Waals surface area contributed by atoms with Crippen LogP contribution in [0.25, 0.3) is 16.9 Å². The van der Waals surface area contributed by atoms with Gasteiger partial charge in [-0.1, -0.05) is 48.0 Å². The topological polar surface area (TPSA) is 83.1 Å². The predicted octanol–water partition coefficient (Wildman–Crippen LogP) is 3.63. The molecule has 1 amide bonds. The number of benzene rings is 1. The first-order valence-corrected chi connectivity index (χ1v) is 7.86. The predicted molar refractivity (Wildman–Crippen MR) is 93.7 cm³/mol. The maximum absolute atomic E-state index is 11.0. The molecule has 0 saturated heterocycles. The molecule has 124 valence electrons. The van der Waals surface area contributed by atoms with Crippen molar-refractivity contribution in [1.82, 2.24) is 19.6 Å². The van der Waals surface area contributed by atoms with Gasteiger partial charge in [0, 0.05) is 18.0 Å². The van der Waals surface area contributed by atoms with Crippen molar-refractivity contribution in [3.63, 3.8) is 0 Å². The summed E-state index contributed by atoms with van der Waals surface area (Å²) in [6, 6.07) is 13.2. The van der Waals surface area contributed by atoms with Crippen LogP contribution in [0.15, 0.2) is 59.8 Å². The summed E-state index contributed by atoms with van der Waals surface area (Å²) in [5, 5.41) is 18.5. The first kappa shape index (κ1) is 15.3. The Kier molecular flexibility index (Phi) is 3.70. The van der Waals surface area contributed by atoms with E-state index in [2.05, 4.69) is 15.2 Å². The van der Waals surface area contributed by atoms with Gasteiger partial charge in [-0.15, -0.1) is 0 Å². The van der Waals surface area contributed by atoms with Crippen molar-refractivity contribution in [3.05, 3.63) is 65.6 Å². The van der Waals surface area contributed by atoms with Gasteiger partial charge in [0.1, 0.15) is 5.15 Å². The van der Waals surface area contributed by atoms with Crippen LogP contribution in [-0.4, -0.2) is 37.0 Å². The summed E-state index contributed by atoms with van der Waals surface area (Å²) in [5.41, 5.74) is 3.11. The molecule has 0 aliphatic carbocycles. The summed E-state index contributed by atoms with van der Waals surface area (Å²) in [5.74, 6) is -0.285. The molecule has 0 saturated carbocycles. The number of imidazole rings is 1. The van der Waals surface area contributed by atoms with Gasteiger partial charge in [0.25, 0.3) is 0 Å². The molecule has 1 aromatic carbocycles. The van der Waals surface area contributed by atoms with Crippen molar-refractivity contribution >= 4 is 29.6 Å². The molecule has 1 aliphatic rings. The highest BCUT2D eigenvalue weighted by Gasteiger charge is 2.24. The molecule has 3 aromatic rings. The number of allylic oxidation sites excluding steroid dienone is 1. The molecule has 4 rings (SSSR count). The largest absolute Gasteiger partial charge is 0.463 e. The van der Waals surface area contributed by atoms with E-state index in [9.17, 15) is 4.79 Å². The van der Waals surface area contributed by atoms with E-state index in [1.807, 2.05) is 30.3 Å². The second-order valence-electron chi connectivity index (χ2n) is 5.40. The Morgan fingerprint density at radius 3 is 2.64 bits per heavy atom. The van der Waals surface area contributed by atoms with Crippen LogP contribution in [0.3, 0.4) is 0 Å². The minimum Gasteiger partial charge on any atom is -0.463 e. The quantitative estimate of drug-likeness (QED) is 0.762. The van der Waals surface area contributed by atoms with Gasteiger partial charge in [0.15, 0.2) is 5.65 Å². The number of nitrogens with zero attached hydrogens (tertiary/aromatic N) is 5. The maximum atomic E-state index is 11.0.